The highest BCUT2D eigenvalue weighted by Gasteiger charge is 2.26. The first kappa shape index (κ1) is 21.7. The lowest BCUT2D eigenvalue weighted by Gasteiger charge is -2.19. The Morgan fingerprint density at radius 3 is 2.19 bits per heavy atom. The van der Waals surface area contributed by atoms with Crippen LogP contribution >= 0.6 is 0 Å². The fraction of sp³-hybridized carbons (Fsp3) is 0.154. The van der Waals surface area contributed by atoms with Crippen LogP contribution in [0.1, 0.15) is 41.3 Å². The van der Waals surface area contributed by atoms with Crippen LogP contribution in [0.25, 0.3) is 0 Å². The van der Waals surface area contributed by atoms with Gasteiger partial charge in [0.05, 0.1) is 16.3 Å². The third-order valence-electron chi connectivity index (χ3n) is 5.28. The number of nitrogens with one attached hydrogen (secondary N) is 1. The van der Waals surface area contributed by atoms with Gasteiger partial charge in [-0.15, -0.1) is 0 Å². The van der Waals surface area contributed by atoms with Crippen molar-refractivity contribution in [2.45, 2.75) is 31.1 Å². The van der Waals surface area contributed by atoms with Crippen LogP contribution < -0.4 is 5.32 Å². The van der Waals surface area contributed by atoms with Crippen molar-refractivity contribution in [3.8, 4) is 0 Å². The summed E-state index contributed by atoms with van der Waals surface area (Å²) >= 11 is 0. The molecule has 1 aliphatic carbocycles. The predicted octanol–water partition coefficient (Wildman–Crippen LogP) is 5.40. The lowest BCUT2D eigenvalue weighted by Crippen LogP contribution is -2.22. The minimum Gasteiger partial charge on any atom is -0.352 e. The van der Waals surface area contributed by atoms with Crippen LogP contribution in [0.5, 0.6) is 0 Å². The zero-order valence-corrected chi connectivity index (χ0v) is 18.6. The Morgan fingerprint density at radius 1 is 0.844 bits per heavy atom. The first-order valence-corrected chi connectivity index (χ1v) is 12.0. The molecular formula is C26H24N2O3S. The smallest absolute Gasteiger partial charge is 0.282 e. The van der Waals surface area contributed by atoms with Gasteiger partial charge in [0.2, 0.25) is 5.78 Å². The van der Waals surface area contributed by atoms with Crippen molar-refractivity contribution in [1.82, 2.24) is 0 Å². The van der Waals surface area contributed by atoms with Crippen molar-refractivity contribution in [1.29, 1.82) is 0 Å². The molecule has 0 saturated carbocycles. The van der Waals surface area contributed by atoms with E-state index in [0.29, 0.717) is 11.1 Å². The van der Waals surface area contributed by atoms with E-state index in [4.69, 9.17) is 0 Å². The number of unbranched alkanes of at least 4 members (excludes halogenated alkanes) is 1. The number of sulfonamides is 1. The topological polar surface area (TPSA) is 75.6 Å². The van der Waals surface area contributed by atoms with Crippen molar-refractivity contribution < 1.29 is 13.2 Å². The van der Waals surface area contributed by atoms with Gasteiger partial charge in [0.15, 0.2) is 0 Å². The van der Waals surface area contributed by atoms with E-state index >= 15 is 0 Å². The fourth-order valence-electron chi connectivity index (χ4n) is 3.56. The molecule has 0 spiro atoms. The predicted molar refractivity (Wildman–Crippen MR) is 128 cm³/mol. The Balaban J connectivity index is 1.70. The number of allylic oxidation sites excluding steroid dienone is 2. The van der Waals surface area contributed by atoms with E-state index in [2.05, 4.69) is 16.6 Å². The molecule has 0 unspecified atom stereocenters. The van der Waals surface area contributed by atoms with Gasteiger partial charge in [0.1, 0.15) is 0 Å². The van der Waals surface area contributed by atoms with Crippen molar-refractivity contribution in [2.24, 2.45) is 4.40 Å². The van der Waals surface area contributed by atoms with Gasteiger partial charge in [-0.25, -0.2) is 0 Å². The molecule has 0 aliphatic heterocycles. The number of fused-ring (bicyclic) bond motifs is 1. The molecule has 0 fully saturated rings. The Kier molecular flexibility index (Phi) is 6.32. The zero-order chi connectivity index (χ0) is 22.6. The summed E-state index contributed by atoms with van der Waals surface area (Å²) < 4.78 is 29.8. The number of hydrogen-bond acceptors (Lipinski definition) is 4. The summed E-state index contributed by atoms with van der Waals surface area (Å²) in [5.41, 5.74) is 3.42. The lowest BCUT2D eigenvalue weighted by atomic mass is 9.92. The van der Waals surface area contributed by atoms with E-state index in [-0.39, 0.29) is 22.1 Å². The first-order chi connectivity index (χ1) is 15.5. The summed E-state index contributed by atoms with van der Waals surface area (Å²) in [6.07, 6.45) is 4.79. The molecular weight excluding hydrogens is 420 g/mol. The van der Waals surface area contributed by atoms with Gasteiger partial charge in [-0.3, -0.25) is 4.79 Å². The average Bonchev–Trinajstić information content (AvgIpc) is 2.82. The molecule has 0 heterocycles. The number of anilines is 1. The van der Waals surface area contributed by atoms with E-state index in [1.54, 1.807) is 42.5 Å². The number of hydrogen-bond donors (Lipinski definition) is 1. The van der Waals surface area contributed by atoms with Gasteiger partial charge in [-0.2, -0.15) is 12.8 Å². The van der Waals surface area contributed by atoms with Crippen molar-refractivity contribution in [3.63, 3.8) is 0 Å². The van der Waals surface area contributed by atoms with Gasteiger partial charge >= 0.3 is 0 Å². The van der Waals surface area contributed by atoms with Gasteiger partial charge < -0.3 is 5.32 Å². The number of Topliss-reactive ketones (excluding diaryl/α,β-unsaturated/α-hetero) is 1. The highest BCUT2D eigenvalue weighted by Crippen LogP contribution is 2.25. The molecule has 0 bridgehead atoms. The summed E-state index contributed by atoms with van der Waals surface area (Å²) in [6.45, 7) is 2.16. The normalized spacial score (nSPS) is 14.7. The van der Waals surface area contributed by atoms with Gasteiger partial charge in [0, 0.05) is 16.8 Å². The van der Waals surface area contributed by atoms with Crippen LogP contribution in [-0.4, -0.2) is 19.9 Å². The molecule has 0 atom stereocenters. The number of rotatable bonds is 7. The molecule has 5 nitrogen and oxygen atoms in total. The quantitative estimate of drug-likeness (QED) is 0.529. The standard InChI is InChI=1S/C26H24N2O3S/c1-2-3-9-19-14-16-20(17-15-19)27-25-18-24(22-12-7-8-13-23(22)26(25)29)28-32(30,31)21-10-5-4-6-11-21/h4-8,10-18,27H,2-3,9H2,1H3. The Bertz CT molecular complexity index is 1290. The van der Waals surface area contributed by atoms with Crippen LogP contribution in [0, 0.1) is 0 Å². The maximum absolute atomic E-state index is 13.1. The lowest BCUT2D eigenvalue weighted by molar-refractivity contribution is 0.103. The van der Waals surface area contributed by atoms with Crippen LogP contribution in [0.15, 0.2) is 99.9 Å². The fourth-order valence-corrected chi connectivity index (χ4v) is 4.58. The molecule has 1 N–H and O–H groups in total. The maximum Gasteiger partial charge on any atom is 0.282 e. The SMILES string of the molecule is CCCCc1ccc(NC2=CC(=NS(=O)(=O)c3ccccc3)c3ccccc3C2=O)cc1. The second-order valence-corrected chi connectivity index (χ2v) is 9.23. The maximum atomic E-state index is 13.1. The third kappa shape index (κ3) is 4.70. The zero-order valence-electron chi connectivity index (χ0n) is 17.8. The minimum atomic E-state index is -3.93. The largest absolute Gasteiger partial charge is 0.352 e. The minimum absolute atomic E-state index is 0.104. The molecule has 32 heavy (non-hydrogen) atoms. The molecule has 3 aromatic rings. The first-order valence-electron chi connectivity index (χ1n) is 10.6. The summed E-state index contributed by atoms with van der Waals surface area (Å²) in [5.74, 6) is -0.202. The van der Waals surface area contributed by atoms with Crippen LogP contribution in [0.2, 0.25) is 0 Å². The van der Waals surface area contributed by atoms with Crippen molar-refractivity contribution in [2.75, 3.05) is 5.32 Å². The molecule has 4 rings (SSSR count). The molecule has 6 heteroatoms. The van der Waals surface area contributed by atoms with E-state index in [1.807, 2.05) is 24.3 Å². The Morgan fingerprint density at radius 2 is 1.50 bits per heavy atom. The third-order valence-corrected chi connectivity index (χ3v) is 6.59. The van der Waals surface area contributed by atoms with E-state index in [1.165, 1.54) is 23.8 Å². The molecule has 162 valence electrons. The summed E-state index contributed by atoms with van der Waals surface area (Å²) in [7, 11) is -3.93. The highest BCUT2D eigenvalue weighted by molar-refractivity contribution is 7.90. The molecule has 3 aromatic carbocycles. The second-order valence-electron chi connectivity index (χ2n) is 7.62. The van der Waals surface area contributed by atoms with E-state index in [0.717, 1.165) is 24.9 Å². The number of carbonyl (C=O) groups is 1. The second kappa shape index (κ2) is 9.32. The number of nitrogens with zero attached hydrogens (tertiary/aromatic N) is 1. The van der Waals surface area contributed by atoms with Gasteiger partial charge in [-0.05, 0) is 48.7 Å². The molecule has 0 radical (unpaired) electrons. The van der Waals surface area contributed by atoms with E-state index in [9.17, 15) is 13.2 Å². The van der Waals surface area contributed by atoms with E-state index < -0.39 is 10.0 Å². The van der Waals surface area contributed by atoms with Crippen LogP contribution in [0.4, 0.5) is 5.69 Å². The highest BCUT2D eigenvalue weighted by atomic mass is 32.2. The van der Waals surface area contributed by atoms with Crippen molar-refractivity contribution in [3.05, 3.63) is 107 Å². The van der Waals surface area contributed by atoms with Crippen molar-refractivity contribution >= 4 is 27.2 Å². The number of carbonyl (C=O) groups excluding carboxylic acids is 1. The molecule has 0 aromatic heterocycles. The number of aryl methyl sites for hydroxylation is 1. The Hall–Kier alpha value is -3.51. The Labute approximate surface area is 188 Å². The average molecular weight is 445 g/mol. The van der Waals surface area contributed by atoms with Gasteiger partial charge in [-0.1, -0.05) is 67.9 Å². The monoisotopic (exact) mass is 444 g/mol. The molecule has 0 saturated heterocycles. The number of ketones is 1. The van der Waals surface area contributed by atoms with Crippen LogP contribution in [0.3, 0.4) is 0 Å². The van der Waals surface area contributed by atoms with Gasteiger partial charge in [0.25, 0.3) is 10.0 Å². The summed E-state index contributed by atoms with van der Waals surface area (Å²) in [4.78, 5) is 13.2. The summed E-state index contributed by atoms with van der Waals surface area (Å²) in [5, 5.41) is 3.15. The molecule has 0 amide bonds. The number of benzene rings is 3. The van der Waals surface area contributed by atoms with Crippen LogP contribution in [-0.2, 0) is 16.4 Å². The summed E-state index contributed by atoms with van der Waals surface area (Å²) in [6, 6.07) is 22.9. The molecule has 1 aliphatic rings.